The molecule has 1 N–H and O–H groups in total. The Morgan fingerprint density at radius 3 is 2.53 bits per heavy atom. The molecule has 0 bridgehead atoms. The number of nitrogens with zero attached hydrogens (tertiary/aromatic N) is 3. The maximum Gasteiger partial charge on any atom is 0.311 e. The molecular weight excluding hydrogens is 398 g/mol. The molecule has 1 aliphatic rings. The van der Waals surface area contributed by atoms with Gasteiger partial charge in [-0.2, -0.15) is 0 Å². The summed E-state index contributed by atoms with van der Waals surface area (Å²) in [6, 6.07) is 9.99. The predicted octanol–water partition coefficient (Wildman–Crippen LogP) is 5.57. The second kappa shape index (κ2) is 8.76. The zero-order chi connectivity index (χ0) is 21.3. The third kappa shape index (κ3) is 3.95. The van der Waals surface area contributed by atoms with Crippen molar-refractivity contribution in [3.63, 3.8) is 0 Å². The number of alkyl halides is 1. The molecule has 0 aliphatic heterocycles. The summed E-state index contributed by atoms with van der Waals surface area (Å²) in [5.74, 6) is 0.589. The summed E-state index contributed by atoms with van der Waals surface area (Å²) in [7, 11) is 0. The Morgan fingerprint density at radius 1 is 1.20 bits per heavy atom. The van der Waals surface area contributed by atoms with E-state index in [2.05, 4.69) is 11.5 Å². The molecule has 1 aromatic carbocycles. The van der Waals surface area contributed by atoms with Crippen LogP contribution in [0.15, 0.2) is 30.3 Å². The minimum absolute atomic E-state index is 0.230. The van der Waals surface area contributed by atoms with Gasteiger partial charge in [0, 0.05) is 23.7 Å². The topological polar surface area (TPSA) is 68.0 Å². The third-order valence-corrected chi connectivity index (χ3v) is 6.45. The second-order valence-corrected chi connectivity index (χ2v) is 8.74. The van der Waals surface area contributed by atoms with E-state index in [4.69, 9.17) is 21.6 Å². The summed E-state index contributed by atoms with van der Waals surface area (Å²) in [5, 5.41) is 9.85. The van der Waals surface area contributed by atoms with Gasteiger partial charge in [-0.05, 0) is 68.4 Å². The third-order valence-electron chi connectivity index (χ3n) is 6.19. The molecular formula is C24H28ClN3O2. The summed E-state index contributed by atoms with van der Waals surface area (Å²) in [5.41, 5.74) is 5.64. The van der Waals surface area contributed by atoms with E-state index in [1.165, 1.54) is 0 Å². The number of rotatable bonds is 7. The van der Waals surface area contributed by atoms with E-state index in [1.807, 2.05) is 37.3 Å². The minimum Gasteiger partial charge on any atom is -0.481 e. The molecule has 2 heterocycles. The molecule has 158 valence electrons. The monoisotopic (exact) mass is 425 g/mol. The van der Waals surface area contributed by atoms with Crippen LogP contribution < -0.4 is 0 Å². The molecule has 3 aromatic rings. The summed E-state index contributed by atoms with van der Waals surface area (Å²) in [6.07, 6.45) is 5.85. The number of carbonyl (C=O) groups is 1. The highest BCUT2D eigenvalue weighted by Crippen LogP contribution is 2.38. The average Bonchev–Trinajstić information content (AvgIpc) is 3.35. The normalized spacial score (nSPS) is 15.7. The first-order valence-electron chi connectivity index (χ1n) is 10.7. The molecule has 30 heavy (non-hydrogen) atoms. The fourth-order valence-electron chi connectivity index (χ4n) is 4.81. The van der Waals surface area contributed by atoms with Gasteiger partial charge < -0.3 is 5.11 Å². The summed E-state index contributed by atoms with van der Waals surface area (Å²) in [6.45, 7) is 4.05. The molecule has 5 nitrogen and oxygen atoms in total. The van der Waals surface area contributed by atoms with E-state index in [9.17, 15) is 9.90 Å². The van der Waals surface area contributed by atoms with E-state index in [1.54, 1.807) is 0 Å². The number of aliphatic carboxylic acids is 1. The van der Waals surface area contributed by atoms with Gasteiger partial charge in [0.15, 0.2) is 5.65 Å². The van der Waals surface area contributed by atoms with Crippen LogP contribution in [-0.2, 0) is 11.2 Å². The second-order valence-electron chi connectivity index (χ2n) is 8.36. The van der Waals surface area contributed by atoms with Crippen molar-refractivity contribution in [2.75, 3.05) is 5.88 Å². The maximum absolute atomic E-state index is 12.0. The SMILES string of the molecule is Cc1cc(C)c2nc(CCCCl)n(-c3ccc(C(C(=O)O)C4CCCC4)cc3)c2n1. The molecule has 6 heteroatoms. The maximum atomic E-state index is 12.0. The quantitative estimate of drug-likeness (QED) is 0.502. The van der Waals surface area contributed by atoms with E-state index >= 15 is 0 Å². The van der Waals surface area contributed by atoms with E-state index in [-0.39, 0.29) is 5.92 Å². The first kappa shape index (κ1) is 20.9. The average molecular weight is 426 g/mol. The summed E-state index contributed by atoms with van der Waals surface area (Å²) >= 11 is 5.94. The zero-order valence-corrected chi connectivity index (χ0v) is 18.3. The molecule has 1 saturated carbocycles. The van der Waals surface area contributed by atoms with Crippen molar-refractivity contribution in [3.05, 3.63) is 53.0 Å². The Balaban J connectivity index is 1.77. The van der Waals surface area contributed by atoms with Crippen LogP contribution >= 0.6 is 11.6 Å². The lowest BCUT2D eigenvalue weighted by molar-refractivity contribution is -0.140. The van der Waals surface area contributed by atoms with Crippen molar-refractivity contribution >= 4 is 28.7 Å². The van der Waals surface area contributed by atoms with Crippen LogP contribution in [-0.4, -0.2) is 31.5 Å². The van der Waals surface area contributed by atoms with Crippen molar-refractivity contribution in [1.82, 2.24) is 14.5 Å². The first-order chi connectivity index (χ1) is 14.5. The molecule has 0 saturated heterocycles. The number of pyridine rings is 1. The minimum atomic E-state index is -0.724. The smallest absolute Gasteiger partial charge is 0.311 e. The standard InChI is InChI=1S/C24H28ClN3O2/c1-15-14-16(2)26-23-22(15)27-20(8-5-13-25)28(23)19-11-9-18(10-12-19)21(24(29)30)17-6-3-4-7-17/h9-12,14,17,21H,3-8,13H2,1-2H3,(H,29,30). The Morgan fingerprint density at radius 2 is 1.90 bits per heavy atom. The molecule has 1 fully saturated rings. The highest BCUT2D eigenvalue weighted by atomic mass is 35.5. The number of imidazole rings is 1. The highest BCUT2D eigenvalue weighted by molar-refractivity contribution is 6.17. The van der Waals surface area contributed by atoms with Crippen LogP contribution in [0.4, 0.5) is 0 Å². The van der Waals surface area contributed by atoms with Crippen LogP contribution in [0.1, 0.15) is 60.7 Å². The molecule has 4 rings (SSSR count). The van der Waals surface area contributed by atoms with Crippen molar-refractivity contribution in [1.29, 1.82) is 0 Å². The molecule has 0 radical (unpaired) electrons. The zero-order valence-electron chi connectivity index (χ0n) is 17.6. The number of hydrogen-bond donors (Lipinski definition) is 1. The number of benzene rings is 1. The number of aryl methyl sites for hydroxylation is 3. The van der Waals surface area contributed by atoms with Crippen LogP contribution in [0.3, 0.4) is 0 Å². The van der Waals surface area contributed by atoms with Crippen LogP contribution in [0.25, 0.3) is 16.9 Å². The fourth-order valence-corrected chi connectivity index (χ4v) is 4.94. The van der Waals surface area contributed by atoms with Gasteiger partial charge in [0.25, 0.3) is 0 Å². The van der Waals surface area contributed by atoms with Crippen LogP contribution in [0, 0.1) is 19.8 Å². The fraction of sp³-hybridized carbons (Fsp3) is 0.458. The highest BCUT2D eigenvalue weighted by Gasteiger charge is 2.31. The van der Waals surface area contributed by atoms with Gasteiger partial charge in [0.1, 0.15) is 11.3 Å². The summed E-state index contributed by atoms with van der Waals surface area (Å²) < 4.78 is 2.09. The molecule has 2 aromatic heterocycles. The number of halogens is 1. The molecule has 0 amide bonds. The van der Waals surface area contributed by atoms with Gasteiger partial charge in [0.05, 0.1) is 5.92 Å². The number of aromatic nitrogens is 3. The molecule has 1 unspecified atom stereocenters. The van der Waals surface area contributed by atoms with Gasteiger partial charge in [-0.3, -0.25) is 9.36 Å². The Hall–Kier alpha value is -2.40. The lowest BCUT2D eigenvalue weighted by Crippen LogP contribution is -2.19. The van der Waals surface area contributed by atoms with Gasteiger partial charge in [-0.25, -0.2) is 9.97 Å². The van der Waals surface area contributed by atoms with Crippen LogP contribution in [0.5, 0.6) is 0 Å². The van der Waals surface area contributed by atoms with Crippen molar-refractivity contribution in [2.45, 2.75) is 58.3 Å². The lowest BCUT2D eigenvalue weighted by atomic mass is 9.85. The predicted molar refractivity (Wildman–Crippen MR) is 120 cm³/mol. The van der Waals surface area contributed by atoms with Gasteiger partial charge in [-0.15, -0.1) is 11.6 Å². The van der Waals surface area contributed by atoms with Crippen molar-refractivity contribution in [2.24, 2.45) is 5.92 Å². The first-order valence-corrected chi connectivity index (χ1v) is 11.3. The van der Waals surface area contributed by atoms with Gasteiger partial charge in [0.2, 0.25) is 0 Å². The van der Waals surface area contributed by atoms with Gasteiger partial charge >= 0.3 is 5.97 Å². The molecule has 1 aliphatic carbocycles. The van der Waals surface area contributed by atoms with E-state index in [0.29, 0.717) is 5.88 Å². The molecule has 1 atom stereocenters. The van der Waals surface area contributed by atoms with Crippen molar-refractivity contribution in [3.8, 4) is 5.69 Å². The Kier molecular flexibility index (Phi) is 6.09. The number of carboxylic acids is 1. The van der Waals surface area contributed by atoms with Gasteiger partial charge in [-0.1, -0.05) is 25.0 Å². The Labute approximate surface area is 182 Å². The van der Waals surface area contributed by atoms with Crippen LogP contribution in [0.2, 0.25) is 0 Å². The number of carboxylic acid groups (broad SMARTS) is 1. The lowest BCUT2D eigenvalue weighted by Gasteiger charge is -2.20. The van der Waals surface area contributed by atoms with Crippen molar-refractivity contribution < 1.29 is 9.90 Å². The largest absolute Gasteiger partial charge is 0.481 e. The Bertz CT molecular complexity index is 1050. The van der Waals surface area contributed by atoms with E-state index < -0.39 is 11.9 Å². The molecule has 0 spiro atoms. The number of fused-ring (bicyclic) bond motifs is 1. The summed E-state index contributed by atoms with van der Waals surface area (Å²) in [4.78, 5) is 21.6. The van der Waals surface area contributed by atoms with E-state index in [0.717, 1.165) is 78.0 Å². The number of hydrogen-bond acceptors (Lipinski definition) is 3.